The van der Waals surface area contributed by atoms with E-state index in [1.165, 1.54) is 12.8 Å². The molecule has 0 aliphatic rings. The molecule has 1 aromatic rings. The van der Waals surface area contributed by atoms with Crippen LogP contribution in [-0.4, -0.2) is 38.5 Å². The first-order valence-electron chi connectivity index (χ1n) is 7.96. The summed E-state index contributed by atoms with van der Waals surface area (Å²) >= 11 is 0. The molecule has 130 valence electrons. The van der Waals surface area contributed by atoms with Crippen LogP contribution in [0.2, 0.25) is 0 Å². The van der Waals surface area contributed by atoms with Crippen molar-refractivity contribution < 1.29 is 4.79 Å². The molecule has 6 heteroatoms. The van der Waals surface area contributed by atoms with E-state index in [-0.39, 0.29) is 29.9 Å². The van der Waals surface area contributed by atoms with E-state index in [9.17, 15) is 4.79 Å². The van der Waals surface area contributed by atoms with Crippen LogP contribution in [0.1, 0.15) is 42.1 Å². The van der Waals surface area contributed by atoms with Crippen LogP contribution in [0.4, 0.5) is 0 Å². The molecule has 5 nitrogen and oxygen atoms in total. The van der Waals surface area contributed by atoms with Gasteiger partial charge in [-0.2, -0.15) is 0 Å². The van der Waals surface area contributed by atoms with Crippen molar-refractivity contribution in [3.63, 3.8) is 0 Å². The van der Waals surface area contributed by atoms with E-state index in [0.29, 0.717) is 18.7 Å². The monoisotopic (exact) mass is 432 g/mol. The number of benzene rings is 1. The van der Waals surface area contributed by atoms with Crippen molar-refractivity contribution in [2.75, 3.05) is 26.7 Å². The Labute approximate surface area is 156 Å². The molecule has 0 aliphatic heterocycles. The van der Waals surface area contributed by atoms with Crippen LogP contribution in [-0.2, 0) is 0 Å². The van der Waals surface area contributed by atoms with Gasteiger partial charge in [-0.25, -0.2) is 0 Å². The molecule has 3 N–H and O–H groups in total. The highest BCUT2D eigenvalue weighted by Crippen LogP contribution is 2.03. The molecule has 0 bridgehead atoms. The normalized spacial score (nSPS) is 10.7. The lowest BCUT2D eigenvalue weighted by Crippen LogP contribution is -2.41. The minimum Gasteiger partial charge on any atom is -0.356 e. The van der Waals surface area contributed by atoms with E-state index >= 15 is 0 Å². The summed E-state index contributed by atoms with van der Waals surface area (Å²) in [6.45, 7) is 6.28. The molecule has 0 saturated heterocycles. The zero-order valence-corrected chi connectivity index (χ0v) is 16.6. The van der Waals surface area contributed by atoms with Crippen molar-refractivity contribution in [2.24, 2.45) is 4.99 Å². The fraction of sp³-hybridized carbons (Fsp3) is 0.529. The van der Waals surface area contributed by atoms with Gasteiger partial charge in [0.1, 0.15) is 0 Å². The Morgan fingerprint density at radius 2 is 1.78 bits per heavy atom. The fourth-order valence-electron chi connectivity index (χ4n) is 2.05. The molecule has 23 heavy (non-hydrogen) atoms. The molecule has 0 radical (unpaired) electrons. The Balaban J connectivity index is 0.00000484. The van der Waals surface area contributed by atoms with Gasteiger partial charge in [-0.1, -0.05) is 37.5 Å². The summed E-state index contributed by atoms with van der Waals surface area (Å²) in [5, 5.41) is 9.34. The number of amides is 1. The molecule has 0 saturated carbocycles. The minimum atomic E-state index is -0.0450. The van der Waals surface area contributed by atoms with Crippen molar-refractivity contribution in [3.05, 3.63) is 35.4 Å². The Morgan fingerprint density at radius 3 is 2.43 bits per heavy atom. The van der Waals surface area contributed by atoms with E-state index < -0.39 is 0 Å². The minimum absolute atomic E-state index is 0. The first kappa shape index (κ1) is 21.7. The number of carbonyl (C=O) groups excluding carboxylic acids is 1. The lowest BCUT2D eigenvalue weighted by Gasteiger charge is -2.12. The van der Waals surface area contributed by atoms with Gasteiger partial charge in [0.25, 0.3) is 5.91 Å². The van der Waals surface area contributed by atoms with Crippen LogP contribution >= 0.6 is 24.0 Å². The van der Waals surface area contributed by atoms with Gasteiger partial charge >= 0.3 is 0 Å². The average Bonchev–Trinajstić information content (AvgIpc) is 2.53. The second-order valence-corrected chi connectivity index (χ2v) is 5.26. The molecular weight excluding hydrogens is 403 g/mol. The Hall–Kier alpha value is -1.31. The van der Waals surface area contributed by atoms with Gasteiger partial charge in [-0.05, 0) is 25.5 Å². The van der Waals surface area contributed by atoms with Gasteiger partial charge in [0, 0.05) is 32.2 Å². The summed E-state index contributed by atoms with van der Waals surface area (Å²) in [4.78, 5) is 16.1. The third kappa shape index (κ3) is 9.43. The number of unbranched alkanes of at least 4 members (excludes halogenated alkanes) is 2. The molecule has 1 amide bonds. The molecule has 0 spiro atoms. The molecule has 0 heterocycles. The number of rotatable bonds is 8. The first-order chi connectivity index (χ1) is 10.7. The van der Waals surface area contributed by atoms with Crippen molar-refractivity contribution in [1.29, 1.82) is 0 Å². The van der Waals surface area contributed by atoms with Crippen LogP contribution in [0.5, 0.6) is 0 Å². The zero-order chi connectivity index (χ0) is 16.2. The number of guanidine groups is 1. The van der Waals surface area contributed by atoms with Crippen molar-refractivity contribution in [3.8, 4) is 0 Å². The Morgan fingerprint density at radius 1 is 1.09 bits per heavy atom. The quantitative estimate of drug-likeness (QED) is 0.256. The molecule has 1 aromatic carbocycles. The van der Waals surface area contributed by atoms with Gasteiger partial charge in [-0.3, -0.25) is 9.79 Å². The van der Waals surface area contributed by atoms with E-state index in [1.807, 2.05) is 31.2 Å². The Kier molecular flexibility index (Phi) is 12.4. The zero-order valence-electron chi connectivity index (χ0n) is 14.3. The lowest BCUT2D eigenvalue weighted by atomic mass is 10.1. The highest BCUT2D eigenvalue weighted by atomic mass is 127. The van der Waals surface area contributed by atoms with Gasteiger partial charge in [0.15, 0.2) is 5.96 Å². The van der Waals surface area contributed by atoms with Gasteiger partial charge in [0.2, 0.25) is 0 Å². The fourth-order valence-corrected chi connectivity index (χ4v) is 2.05. The molecule has 0 fully saturated rings. The molecule has 0 unspecified atom stereocenters. The Bertz CT molecular complexity index is 491. The number of nitrogens with one attached hydrogen (secondary N) is 3. The summed E-state index contributed by atoms with van der Waals surface area (Å²) in [7, 11) is 1.75. The third-order valence-electron chi connectivity index (χ3n) is 3.28. The molecule has 1 rings (SSSR count). The maximum atomic E-state index is 12.0. The van der Waals surface area contributed by atoms with E-state index in [0.717, 1.165) is 24.5 Å². The number of halogens is 1. The number of carbonyl (C=O) groups is 1. The van der Waals surface area contributed by atoms with E-state index in [4.69, 9.17) is 0 Å². The summed E-state index contributed by atoms with van der Waals surface area (Å²) in [6, 6.07) is 7.58. The van der Waals surface area contributed by atoms with Crippen molar-refractivity contribution >= 4 is 35.8 Å². The highest BCUT2D eigenvalue weighted by molar-refractivity contribution is 14.0. The van der Waals surface area contributed by atoms with Crippen LogP contribution in [0.25, 0.3) is 0 Å². The van der Waals surface area contributed by atoms with E-state index in [1.54, 1.807) is 7.05 Å². The maximum absolute atomic E-state index is 12.0. The topological polar surface area (TPSA) is 65.5 Å². The number of nitrogens with zero attached hydrogens (tertiary/aromatic N) is 1. The molecular formula is C17H29IN4O. The van der Waals surface area contributed by atoms with Gasteiger partial charge in [0.05, 0.1) is 0 Å². The second kappa shape index (κ2) is 13.2. The summed E-state index contributed by atoms with van der Waals surface area (Å²) < 4.78 is 0. The van der Waals surface area contributed by atoms with Crippen molar-refractivity contribution in [1.82, 2.24) is 16.0 Å². The predicted octanol–water partition coefficient (Wildman–Crippen LogP) is 2.70. The van der Waals surface area contributed by atoms with Crippen molar-refractivity contribution in [2.45, 2.75) is 33.1 Å². The molecule has 0 aliphatic carbocycles. The summed E-state index contributed by atoms with van der Waals surface area (Å²) in [5.74, 6) is 0.734. The largest absolute Gasteiger partial charge is 0.356 e. The van der Waals surface area contributed by atoms with Crippen LogP contribution < -0.4 is 16.0 Å². The van der Waals surface area contributed by atoms with Crippen LogP contribution in [0.15, 0.2) is 29.3 Å². The molecule has 0 atom stereocenters. The van der Waals surface area contributed by atoms with Crippen LogP contribution in [0.3, 0.4) is 0 Å². The number of hydrogen-bond donors (Lipinski definition) is 3. The number of aliphatic imine (C=N–C) groups is 1. The van der Waals surface area contributed by atoms with Crippen LogP contribution in [0, 0.1) is 6.92 Å². The smallest absolute Gasteiger partial charge is 0.251 e. The average molecular weight is 432 g/mol. The SMILES string of the molecule is CCCCCNC(=NC)NCCNC(=O)c1cccc(C)c1.I. The summed E-state index contributed by atoms with van der Waals surface area (Å²) in [6.07, 6.45) is 3.57. The standard InChI is InChI=1S/C17H28N4O.HI/c1-4-5-6-10-20-17(18-3)21-12-11-19-16(22)15-9-7-8-14(2)13-15;/h7-9,13H,4-6,10-12H2,1-3H3,(H,19,22)(H2,18,20,21);1H. The maximum Gasteiger partial charge on any atom is 0.251 e. The first-order valence-corrected chi connectivity index (χ1v) is 7.96. The van der Waals surface area contributed by atoms with Gasteiger partial charge in [-0.15, -0.1) is 24.0 Å². The summed E-state index contributed by atoms with van der Waals surface area (Å²) in [5.41, 5.74) is 1.78. The lowest BCUT2D eigenvalue weighted by molar-refractivity contribution is 0.0954. The highest BCUT2D eigenvalue weighted by Gasteiger charge is 2.04. The second-order valence-electron chi connectivity index (χ2n) is 5.26. The van der Waals surface area contributed by atoms with E-state index in [2.05, 4.69) is 27.9 Å². The third-order valence-corrected chi connectivity index (χ3v) is 3.28. The number of hydrogen-bond acceptors (Lipinski definition) is 2. The molecule has 0 aromatic heterocycles. The number of aryl methyl sites for hydroxylation is 1. The predicted molar refractivity (Wildman–Crippen MR) is 108 cm³/mol. The van der Waals surface area contributed by atoms with Gasteiger partial charge < -0.3 is 16.0 Å².